The summed E-state index contributed by atoms with van der Waals surface area (Å²) in [5, 5.41) is 20.9. The summed E-state index contributed by atoms with van der Waals surface area (Å²) in [6, 6.07) is -0.0201. The Morgan fingerprint density at radius 3 is 3.00 bits per heavy atom. The third kappa shape index (κ3) is 1.33. The second kappa shape index (κ2) is 3.31. The van der Waals surface area contributed by atoms with Crippen molar-refractivity contribution < 1.29 is 15.0 Å². The van der Waals surface area contributed by atoms with E-state index in [0.29, 0.717) is 11.3 Å². The summed E-state index contributed by atoms with van der Waals surface area (Å²) >= 11 is 0. The minimum absolute atomic E-state index is 0.0201. The third-order valence-corrected chi connectivity index (χ3v) is 2.49. The lowest BCUT2D eigenvalue weighted by Gasteiger charge is -2.20. The minimum atomic E-state index is -0.901. The number of hydrogen-bond donors (Lipinski definition) is 3. The maximum absolute atomic E-state index is 10.9. The van der Waals surface area contributed by atoms with Crippen LogP contribution in [-0.2, 0) is 4.79 Å². The number of aliphatic hydroxyl groups excluding tert-OH is 1. The van der Waals surface area contributed by atoms with Gasteiger partial charge in [0, 0.05) is 17.2 Å². The third-order valence-electron chi connectivity index (χ3n) is 2.49. The van der Waals surface area contributed by atoms with Gasteiger partial charge in [0.25, 0.3) is 0 Å². The van der Waals surface area contributed by atoms with E-state index in [1.54, 1.807) is 18.2 Å². The summed E-state index contributed by atoms with van der Waals surface area (Å²) in [6.45, 7) is -0.0757. The van der Waals surface area contributed by atoms with Crippen LogP contribution < -0.4 is 5.32 Å². The summed E-state index contributed by atoms with van der Waals surface area (Å²) in [5.74, 6) is -1.05. The van der Waals surface area contributed by atoms with Crippen LogP contribution in [0.1, 0.15) is 0 Å². The number of rotatable bonds is 2. The molecule has 0 aromatic rings. The molecule has 0 aromatic heterocycles. The van der Waals surface area contributed by atoms with E-state index in [1.807, 2.05) is 6.08 Å². The monoisotopic (exact) mass is 193 g/mol. The van der Waals surface area contributed by atoms with E-state index in [9.17, 15) is 4.79 Å². The Bertz CT molecular complexity index is 354. The quantitative estimate of drug-likeness (QED) is 0.578. The first-order valence-corrected chi connectivity index (χ1v) is 4.42. The molecule has 1 heterocycles. The molecule has 2 atom stereocenters. The highest BCUT2D eigenvalue weighted by Gasteiger charge is 2.32. The fourth-order valence-corrected chi connectivity index (χ4v) is 1.83. The number of fused-ring (bicyclic) bond motifs is 1. The summed E-state index contributed by atoms with van der Waals surface area (Å²) < 4.78 is 0. The highest BCUT2D eigenvalue weighted by Crippen LogP contribution is 2.28. The Morgan fingerprint density at radius 2 is 2.36 bits per heavy atom. The first kappa shape index (κ1) is 9.02. The fraction of sp³-hybridized carbons (Fsp3) is 0.300. The maximum atomic E-state index is 10.9. The average Bonchev–Trinajstić information content (AvgIpc) is 2.59. The van der Waals surface area contributed by atoms with Gasteiger partial charge in [-0.25, -0.2) is 4.79 Å². The van der Waals surface area contributed by atoms with Gasteiger partial charge in [-0.2, -0.15) is 0 Å². The lowest BCUT2D eigenvalue weighted by molar-refractivity contribution is -0.133. The number of nitrogens with one attached hydrogen (secondary N) is 1. The van der Waals surface area contributed by atoms with Gasteiger partial charge in [0.15, 0.2) is 0 Å². The highest BCUT2D eigenvalue weighted by atomic mass is 16.4. The Morgan fingerprint density at radius 1 is 1.57 bits per heavy atom. The largest absolute Gasteiger partial charge is 0.478 e. The normalized spacial score (nSPS) is 28.9. The van der Waals surface area contributed by atoms with Crippen molar-refractivity contribution in [2.24, 2.45) is 5.92 Å². The van der Waals surface area contributed by atoms with Gasteiger partial charge < -0.3 is 15.5 Å². The van der Waals surface area contributed by atoms with Crippen LogP contribution in [0.4, 0.5) is 0 Å². The van der Waals surface area contributed by atoms with Gasteiger partial charge in [-0.15, -0.1) is 0 Å². The molecule has 0 saturated heterocycles. The Balaban J connectivity index is 2.29. The second-order valence-corrected chi connectivity index (χ2v) is 3.36. The summed E-state index contributed by atoms with van der Waals surface area (Å²) in [4.78, 5) is 10.9. The van der Waals surface area contributed by atoms with Crippen molar-refractivity contribution in [1.82, 2.24) is 5.32 Å². The van der Waals surface area contributed by atoms with E-state index in [4.69, 9.17) is 10.2 Å². The first-order valence-electron chi connectivity index (χ1n) is 4.42. The van der Waals surface area contributed by atoms with Crippen molar-refractivity contribution in [2.45, 2.75) is 6.04 Å². The van der Waals surface area contributed by atoms with Gasteiger partial charge in [-0.05, 0) is 0 Å². The fourth-order valence-electron chi connectivity index (χ4n) is 1.83. The van der Waals surface area contributed by atoms with Crippen molar-refractivity contribution in [1.29, 1.82) is 0 Å². The zero-order valence-electron chi connectivity index (χ0n) is 7.47. The standard InChI is InChI=1S/C10H11NO3/c12-5-6-4-8-7(10(13)14)2-1-3-9(8)11-6/h1-4,8-9,11-12H,5H2,(H,13,14). The van der Waals surface area contributed by atoms with Crippen LogP contribution >= 0.6 is 0 Å². The molecule has 0 fully saturated rings. The molecule has 0 amide bonds. The van der Waals surface area contributed by atoms with E-state index in [-0.39, 0.29) is 18.6 Å². The summed E-state index contributed by atoms with van der Waals surface area (Å²) in [5.41, 5.74) is 1.06. The van der Waals surface area contributed by atoms with Gasteiger partial charge in [0.2, 0.25) is 0 Å². The lowest BCUT2D eigenvalue weighted by atomic mass is 9.89. The van der Waals surface area contributed by atoms with Crippen molar-refractivity contribution in [3.8, 4) is 0 Å². The van der Waals surface area contributed by atoms with Gasteiger partial charge in [0.05, 0.1) is 12.6 Å². The van der Waals surface area contributed by atoms with Gasteiger partial charge in [-0.1, -0.05) is 24.3 Å². The molecule has 74 valence electrons. The Kier molecular flexibility index (Phi) is 2.13. The van der Waals surface area contributed by atoms with Crippen molar-refractivity contribution in [3.05, 3.63) is 35.6 Å². The second-order valence-electron chi connectivity index (χ2n) is 3.36. The zero-order valence-corrected chi connectivity index (χ0v) is 7.47. The average molecular weight is 193 g/mol. The first-order chi connectivity index (χ1) is 6.72. The Labute approximate surface area is 81.2 Å². The Hall–Kier alpha value is -1.55. The molecule has 1 aliphatic heterocycles. The van der Waals surface area contributed by atoms with Crippen LogP contribution in [-0.4, -0.2) is 28.8 Å². The number of aliphatic hydroxyl groups is 1. The van der Waals surface area contributed by atoms with Crippen LogP contribution in [0.3, 0.4) is 0 Å². The topological polar surface area (TPSA) is 69.6 Å². The molecular formula is C10H11NO3. The molecule has 1 aliphatic carbocycles. The van der Waals surface area contributed by atoms with E-state index in [1.165, 1.54) is 0 Å². The van der Waals surface area contributed by atoms with E-state index in [0.717, 1.165) is 0 Å². The summed E-state index contributed by atoms with van der Waals surface area (Å²) in [6.07, 6.45) is 7.00. The summed E-state index contributed by atoms with van der Waals surface area (Å²) in [7, 11) is 0. The molecule has 4 heteroatoms. The molecule has 0 bridgehead atoms. The SMILES string of the molecule is O=C(O)C1=CC=CC2NC(CO)=CC12. The molecule has 0 aromatic carbocycles. The maximum Gasteiger partial charge on any atom is 0.332 e. The van der Waals surface area contributed by atoms with Gasteiger partial charge in [-0.3, -0.25) is 0 Å². The molecule has 14 heavy (non-hydrogen) atoms. The van der Waals surface area contributed by atoms with Crippen molar-refractivity contribution in [3.63, 3.8) is 0 Å². The molecular weight excluding hydrogens is 182 g/mol. The predicted octanol–water partition coefficient (Wildman–Crippen LogP) is 0.0314. The van der Waals surface area contributed by atoms with Crippen molar-refractivity contribution >= 4 is 5.97 Å². The minimum Gasteiger partial charge on any atom is -0.478 e. The number of carboxylic acids is 1. The van der Waals surface area contributed by atoms with E-state index >= 15 is 0 Å². The smallest absolute Gasteiger partial charge is 0.332 e. The van der Waals surface area contributed by atoms with Crippen molar-refractivity contribution in [2.75, 3.05) is 6.61 Å². The molecule has 4 nitrogen and oxygen atoms in total. The molecule has 2 rings (SSSR count). The van der Waals surface area contributed by atoms with Crippen LogP contribution in [0, 0.1) is 5.92 Å². The van der Waals surface area contributed by atoms with E-state index in [2.05, 4.69) is 5.32 Å². The number of carboxylic acid groups (broad SMARTS) is 1. The van der Waals surface area contributed by atoms with Crippen LogP contribution in [0.5, 0.6) is 0 Å². The number of hydrogen-bond acceptors (Lipinski definition) is 3. The van der Waals surface area contributed by atoms with Crippen LogP contribution in [0.25, 0.3) is 0 Å². The molecule has 0 spiro atoms. The molecule has 3 N–H and O–H groups in total. The zero-order chi connectivity index (χ0) is 10.1. The molecule has 2 aliphatic rings. The highest BCUT2D eigenvalue weighted by molar-refractivity contribution is 5.89. The number of aliphatic carboxylic acids is 1. The lowest BCUT2D eigenvalue weighted by Crippen LogP contribution is -2.31. The van der Waals surface area contributed by atoms with Gasteiger partial charge >= 0.3 is 5.97 Å². The molecule has 0 saturated carbocycles. The van der Waals surface area contributed by atoms with E-state index < -0.39 is 5.97 Å². The van der Waals surface area contributed by atoms with Crippen LogP contribution in [0.15, 0.2) is 35.6 Å². The predicted molar refractivity (Wildman–Crippen MR) is 50.4 cm³/mol. The molecule has 0 radical (unpaired) electrons. The van der Waals surface area contributed by atoms with Crippen LogP contribution in [0.2, 0.25) is 0 Å². The molecule has 2 unspecified atom stereocenters. The van der Waals surface area contributed by atoms with Gasteiger partial charge in [0.1, 0.15) is 0 Å². The number of carbonyl (C=O) groups is 1. The number of allylic oxidation sites excluding steroid dienone is 2.